The second-order valence-corrected chi connectivity index (χ2v) is 10.7. The minimum atomic E-state index is 0.306. The molecular weight excluding hydrogens is 344 g/mol. The van der Waals surface area contributed by atoms with Crippen molar-refractivity contribution >= 4 is 11.6 Å². The molecule has 2 nitrogen and oxygen atoms in total. The number of carbonyl (C=O) groups is 2. The molecule has 0 amide bonds. The zero-order valence-electron chi connectivity index (χ0n) is 18.0. The lowest BCUT2D eigenvalue weighted by Crippen LogP contribution is -2.35. The van der Waals surface area contributed by atoms with Crippen LogP contribution in [0.1, 0.15) is 116 Å². The number of rotatable bonds is 6. The lowest BCUT2D eigenvalue weighted by molar-refractivity contribution is -0.127. The van der Waals surface area contributed by atoms with Gasteiger partial charge in [-0.1, -0.05) is 70.6 Å². The highest BCUT2D eigenvalue weighted by molar-refractivity contribution is 5.84. The van der Waals surface area contributed by atoms with Gasteiger partial charge in [0.1, 0.15) is 11.6 Å². The van der Waals surface area contributed by atoms with Crippen LogP contribution in [-0.4, -0.2) is 11.6 Å². The number of hydrogen-bond donors (Lipinski definition) is 0. The van der Waals surface area contributed by atoms with Crippen molar-refractivity contribution in [3.63, 3.8) is 0 Å². The third-order valence-electron chi connectivity index (χ3n) is 9.07. The molecule has 158 valence electrons. The number of ketones is 2. The molecule has 0 aromatic rings. The molecule has 28 heavy (non-hydrogen) atoms. The Balaban J connectivity index is 1.23. The van der Waals surface area contributed by atoms with Gasteiger partial charge in [0.15, 0.2) is 0 Å². The van der Waals surface area contributed by atoms with Crippen LogP contribution in [-0.2, 0) is 9.59 Å². The van der Waals surface area contributed by atoms with Gasteiger partial charge in [0, 0.05) is 24.7 Å². The summed E-state index contributed by atoms with van der Waals surface area (Å²) >= 11 is 0. The van der Waals surface area contributed by atoms with Crippen molar-refractivity contribution in [2.24, 2.45) is 35.5 Å². The van der Waals surface area contributed by atoms with E-state index in [0.717, 1.165) is 43.4 Å². The van der Waals surface area contributed by atoms with Gasteiger partial charge in [-0.05, 0) is 55.8 Å². The summed E-state index contributed by atoms with van der Waals surface area (Å²) in [5.41, 5.74) is 0. The Hall–Kier alpha value is -0.660. The van der Waals surface area contributed by atoms with Crippen molar-refractivity contribution in [3.05, 3.63) is 0 Å². The first kappa shape index (κ1) is 20.6. The van der Waals surface area contributed by atoms with Gasteiger partial charge >= 0.3 is 0 Å². The maximum absolute atomic E-state index is 12.9. The molecule has 2 heteroatoms. The molecule has 0 aromatic heterocycles. The summed E-state index contributed by atoms with van der Waals surface area (Å²) in [6, 6.07) is 0. The molecule has 4 aliphatic carbocycles. The van der Waals surface area contributed by atoms with E-state index in [-0.39, 0.29) is 0 Å². The van der Waals surface area contributed by atoms with Crippen LogP contribution in [0.4, 0.5) is 0 Å². The third kappa shape index (κ3) is 4.90. The predicted octanol–water partition coefficient (Wildman–Crippen LogP) is 6.90. The summed E-state index contributed by atoms with van der Waals surface area (Å²) in [7, 11) is 0. The molecule has 4 saturated carbocycles. The minimum Gasteiger partial charge on any atom is -0.299 e. The molecule has 4 rings (SSSR count). The zero-order valence-corrected chi connectivity index (χ0v) is 18.0. The molecule has 6 atom stereocenters. The van der Waals surface area contributed by atoms with Gasteiger partial charge in [0.05, 0.1) is 0 Å². The number of hydrogen-bond acceptors (Lipinski definition) is 2. The summed E-state index contributed by atoms with van der Waals surface area (Å²) in [5, 5.41) is 0. The average molecular weight is 387 g/mol. The van der Waals surface area contributed by atoms with Gasteiger partial charge < -0.3 is 0 Å². The molecule has 0 N–H and O–H groups in total. The molecule has 0 spiro atoms. The highest BCUT2D eigenvalue weighted by atomic mass is 16.1. The molecule has 6 unspecified atom stereocenters. The normalized spacial score (nSPS) is 38.7. The summed E-state index contributed by atoms with van der Waals surface area (Å²) < 4.78 is 0. The summed E-state index contributed by atoms with van der Waals surface area (Å²) in [4.78, 5) is 25.8. The van der Waals surface area contributed by atoms with Gasteiger partial charge in [0.25, 0.3) is 0 Å². The number of fused-ring (bicyclic) bond motifs is 2. The van der Waals surface area contributed by atoms with Crippen LogP contribution in [0.2, 0.25) is 0 Å². The quantitative estimate of drug-likeness (QED) is 0.497. The van der Waals surface area contributed by atoms with Gasteiger partial charge in [-0.3, -0.25) is 9.59 Å². The first-order valence-electron chi connectivity index (χ1n) is 12.8. The Morgan fingerprint density at radius 3 is 2.04 bits per heavy atom. The van der Waals surface area contributed by atoms with Crippen LogP contribution in [0.25, 0.3) is 0 Å². The van der Waals surface area contributed by atoms with E-state index in [1.54, 1.807) is 0 Å². The van der Waals surface area contributed by atoms with E-state index in [1.165, 1.54) is 77.0 Å². The van der Waals surface area contributed by atoms with Crippen molar-refractivity contribution in [1.29, 1.82) is 0 Å². The molecule has 0 saturated heterocycles. The van der Waals surface area contributed by atoms with E-state index in [0.29, 0.717) is 42.2 Å². The molecule has 4 aliphatic rings. The van der Waals surface area contributed by atoms with E-state index < -0.39 is 0 Å². The zero-order chi connectivity index (χ0) is 19.3. The fraction of sp³-hybridized carbons (Fsp3) is 0.923. The Bertz CT molecular complexity index is 537. The second-order valence-electron chi connectivity index (χ2n) is 10.7. The summed E-state index contributed by atoms with van der Waals surface area (Å²) in [5.74, 6) is 4.84. The van der Waals surface area contributed by atoms with Crippen molar-refractivity contribution in [2.45, 2.75) is 116 Å². The largest absolute Gasteiger partial charge is 0.299 e. The fourth-order valence-corrected chi connectivity index (χ4v) is 7.54. The highest BCUT2D eigenvalue weighted by Gasteiger charge is 2.38. The van der Waals surface area contributed by atoms with Gasteiger partial charge in [-0.25, -0.2) is 0 Å². The SMILES string of the molecule is O=C(CCCC(=O)C1CCCC2CCCCC21)C1CCCC2CCCCC2C1. The first-order valence-corrected chi connectivity index (χ1v) is 12.8. The van der Waals surface area contributed by atoms with Crippen molar-refractivity contribution in [2.75, 3.05) is 0 Å². The van der Waals surface area contributed by atoms with Crippen LogP contribution in [0.15, 0.2) is 0 Å². The molecular formula is C26H42O2. The summed E-state index contributed by atoms with van der Waals surface area (Å²) in [6.45, 7) is 0. The second kappa shape index (κ2) is 9.90. The molecule has 0 aromatic carbocycles. The van der Waals surface area contributed by atoms with Gasteiger partial charge in [-0.15, -0.1) is 0 Å². The van der Waals surface area contributed by atoms with Crippen LogP contribution >= 0.6 is 0 Å². The first-order chi connectivity index (χ1) is 13.7. The number of carbonyl (C=O) groups excluding carboxylic acids is 2. The lowest BCUT2D eigenvalue weighted by Gasteiger charge is -2.40. The van der Waals surface area contributed by atoms with Crippen LogP contribution in [0.5, 0.6) is 0 Å². The monoisotopic (exact) mass is 386 g/mol. The van der Waals surface area contributed by atoms with E-state index in [2.05, 4.69) is 0 Å². The van der Waals surface area contributed by atoms with Crippen molar-refractivity contribution in [1.82, 2.24) is 0 Å². The van der Waals surface area contributed by atoms with Crippen LogP contribution in [0.3, 0.4) is 0 Å². The van der Waals surface area contributed by atoms with E-state index in [1.807, 2.05) is 0 Å². The third-order valence-corrected chi connectivity index (χ3v) is 9.07. The Kier molecular flexibility index (Phi) is 7.28. The molecule has 0 radical (unpaired) electrons. The Morgan fingerprint density at radius 2 is 1.18 bits per heavy atom. The number of Topliss-reactive ketones (excluding diaryl/α,β-unsaturated/α-hetero) is 2. The minimum absolute atomic E-state index is 0.306. The topological polar surface area (TPSA) is 34.1 Å². The van der Waals surface area contributed by atoms with Crippen molar-refractivity contribution < 1.29 is 9.59 Å². The van der Waals surface area contributed by atoms with Crippen LogP contribution in [0, 0.1) is 35.5 Å². The standard InChI is InChI=1S/C26H42O2/c27-25(22-13-5-11-19-8-1-2-10-21(19)18-22)16-7-17-26(28)24-15-6-12-20-9-3-4-14-23(20)24/h19-24H,1-18H2. The molecule has 0 bridgehead atoms. The Morgan fingerprint density at radius 1 is 0.571 bits per heavy atom. The van der Waals surface area contributed by atoms with Crippen LogP contribution < -0.4 is 0 Å². The highest BCUT2D eigenvalue weighted by Crippen LogP contribution is 2.45. The summed E-state index contributed by atoms with van der Waals surface area (Å²) in [6.07, 6.45) is 21.6. The molecule has 0 aliphatic heterocycles. The Labute approximate surface area is 172 Å². The van der Waals surface area contributed by atoms with E-state index >= 15 is 0 Å². The van der Waals surface area contributed by atoms with Crippen molar-refractivity contribution in [3.8, 4) is 0 Å². The van der Waals surface area contributed by atoms with Gasteiger partial charge in [-0.2, -0.15) is 0 Å². The van der Waals surface area contributed by atoms with Gasteiger partial charge in [0.2, 0.25) is 0 Å². The lowest BCUT2D eigenvalue weighted by atomic mass is 9.64. The maximum atomic E-state index is 12.9. The van der Waals surface area contributed by atoms with E-state index in [4.69, 9.17) is 0 Å². The molecule has 0 heterocycles. The smallest absolute Gasteiger partial charge is 0.136 e. The predicted molar refractivity (Wildman–Crippen MR) is 114 cm³/mol. The van der Waals surface area contributed by atoms with E-state index in [9.17, 15) is 9.59 Å². The maximum Gasteiger partial charge on any atom is 0.136 e. The fourth-order valence-electron chi connectivity index (χ4n) is 7.54. The average Bonchev–Trinajstić information content (AvgIpc) is 2.95. The molecule has 4 fully saturated rings.